The highest BCUT2D eigenvalue weighted by Gasteiger charge is 2.22. The van der Waals surface area contributed by atoms with Gasteiger partial charge in [0.2, 0.25) is 0 Å². The van der Waals surface area contributed by atoms with Crippen molar-refractivity contribution in [3.8, 4) is 0 Å². The van der Waals surface area contributed by atoms with Crippen molar-refractivity contribution < 1.29 is 14.5 Å². The van der Waals surface area contributed by atoms with Crippen LogP contribution in [0.5, 0.6) is 0 Å². The number of carbonyl (C=O) groups excluding carboxylic acids is 1. The van der Waals surface area contributed by atoms with E-state index in [0.29, 0.717) is 16.9 Å². The van der Waals surface area contributed by atoms with Crippen LogP contribution in [0.4, 0.5) is 5.69 Å². The van der Waals surface area contributed by atoms with Gasteiger partial charge in [-0.1, -0.05) is 42.0 Å². The Morgan fingerprint density at radius 3 is 2.57 bits per heavy atom. The van der Waals surface area contributed by atoms with E-state index in [9.17, 15) is 14.9 Å². The number of benzene rings is 2. The molecule has 1 aliphatic heterocycles. The van der Waals surface area contributed by atoms with Gasteiger partial charge in [0, 0.05) is 17.7 Å². The lowest BCUT2D eigenvalue weighted by molar-refractivity contribution is -0.384. The van der Waals surface area contributed by atoms with Gasteiger partial charge in [0.25, 0.3) is 5.69 Å². The molecule has 2 aromatic carbocycles. The molecular formula is C18H13NO4. The third-order valence-electron chi connectivity index (χ3n) is 3.46. The fourth-order valence-electron chi connectivity index (χ4n) is 2.26. The lowest BCUT2D eigenvalue weighted by Gasteiger charge is -2.01. The monoisotopic (exact) mass is 307 g/mol. The topological polar surface area (TPSA) is 69.4 Å². The first kappa shape index (κ1) is 14.7. The maximum Gasteiger partial charge on any atom is 0.343 e. The summed E-state index contributed by atoms with van der Waals surface area (Å²) in [6, 6.07) is 13.7. The van der Waals surface area contributed by atoms with Crippen LogP contribution in [0, 0.1) is 17.0 Å². The Bertz CT molecular complexity index is 848. The van der Waals surface area contributed by atoms with Crippen LogP contribution in [-0.2, 0) is 9.53 Å². The van der Waals surface area contributed by atoms with Crippen LogP contribution in [0.3, 0.4) is 0 Å². The lowest BCUT2D eigenvalue weighted by atomic mass is 10.1. The number of non-ortho nitro benzene ring substituents is 1. The molecule has 0 amide bonds. The summed E-state index contributed by atoms with van der Waals surface area (Å²) in [4.78, 5) is 22.3. The van der Waals surface area contributed by atoms with Crippen LogP contribution in [0.1, 0.15) is 16.7 Å². The van der Waals surface area contributed by atoms with Gasteiger partial charge in [0.1, 0.15) is 5.76 Å². The molecule has 3 rings (SSSR count). The molecule has 23 heavy (non-hydrogen) atoms. The van der Waals surface area contributed by atoms with E-state index in [-0.39, 0.29) is 5.69 Å². The molecule has 1 heterocycles. The first-order valence-electron chi connectivity index (χ1n) is 7.00. The number of nitro groups is 1. The van der Waals surface area contributed by atoms with Crippen molar-refractivity contribution in [2.75, 3.05) is 0 Å². The predicted molar refractivity (Wildman–Crippen MR) is 86.3 cm³/mol. The number of nitro benzene ring substituents is 1. The second kappa shape index (κ2) is 5.88. The molecule has 0 N–H and O–H groups in total. The minimum Gasteiger partial charge on any atom is -0.422 e. The van der Waals surface area contributed by atoms with E-state index in [0.717, 1.165) is 11.1 Å². The van der Waals surface area contributed by atoms with Crippen molar-refractivity contribution >= 4 is 23.5 Å². The Kier molecular flexibility index (Phi) is 3.76. The number of hydrogen-bond donors (Lipinski definition) is 0. The summed E-state index contributed by atoms with van der Waals surface area (Å²) in [5, 5.41) is 10.8. The number of carbonyl (C=O) groups is 1. The van der Waals surface area contributed by atoms with Gasteiger partial charge in [0.05, 0.1) is 10.5 Å². The van der Waals surface area contributed by atoms with Crippen LogP contribution in [0.2, 0.25) is 0 Å². The molecule has 0 atom stereocenters. The molecule has 0 spiro atoms. The van der Waals surface area contributed by atoms with Gasteiger partial charge in [-0.05, 0) is 24.6 Å². The van der Waals surface area contributed by atoms with Crippen LogP contribution in [0.25, 0.3) is 11.8 Å². The molecule has 0 aliphatic carbocycles. The minimum atomic E-state index is -0.470. The molecule has 0 saturated carbocycles. The highest BCUT2D eigenvalue weighted by atomic mass is 16.6. The first-order valence-corrected chi connectivity index (χ1v) is 7.00. The molecule has 0 radical (unpaired) electrons. The van der Waals surface area contributed by atoms with Gasteiger partial charge >= 0.3 is 5.97 Å². The highest BCUT2D eigenvalue weighted by molar-refractivity contribution is 6.05. The average Bonchev–Trinajstić information content (AvgIpc) is 2.89. The summed E-state index contributed by atoms with van der Waals surface area (Å²) in [5.41, 5.74) is 2.85. The first-order chi connectivity index (χ1) is 11.0. The van der Waals surface area contributed by atoms with Crippen molar-refractivity contribution in [2.45, 2.75) is 6.92 Å². The summed E-state index contributed by atoms with van der Waals surface area (Å²) >= 11 is 0. The Hall–Kier alpha value is -3.21. The number of aryl methyl sites for hydroxylation is 1. The number of rotatable bonds is 3. The molecular weight excluding hydrogens is 294 g/mol. The second-order valence-corrected chi connectivity index (χ2v) is 5.22. The van der Waals surface area contributed by atoms with Crippen molar-refractivity contribution in [3.63, 3.8) is 0 Å². The fraction of sp³-hybridized carbons (Fsp3) is 0.0556. The number of nitrogens with zero attached hydrogens (tertiary/aromatic N) is 1. The Labute approximate surface area is 132 Å². The van der Waals surface area contributed by atoms with E-state index in [2.05, 4.69) is 0 Å². The average molecular weight is 307 g/mol. The molecule has 1 aliphatic rings. The fourth-order valence-corrected chi connectivity index (χ4v) is 2.26. The van der Waals surface area contributed by atoms with Gasteiger partial charge in [-0.25, -0.2) is 4.79 Å². The van der Waals surface area contributed by atoms with Gasteiger partial charge in [-0.3, -0.25) is 10.1 Å². The van der Waals surface area contributed by atoms with Crippen molar-refractivity contribution in [1.82, 2.24) is 0 Å². The van der Waals surface area contributed by atoms with Crippen molar-refractivity contribution in [3.05, 3.63) is 87.0 Å². The Morgan fingerprint density at radius 2 is 1.87 bits per heavy atom. The molecule has 5 heteroatoms. The van der Waals surface area contributed by atoms with Gasteiger partial charge in [0.15, 0.2) is 0 Å². The summed E-state index contributed by atoms with van der Waals surface area (Å²) in [6.45, 7) is 1.98. The van der Waals surface area contributed by atoms with Crippen LogP contribution < -0.4 is 0 Å². The third-order valence-corrected chi connectivity index (χ3v) is 3.46. The summed E-state index contributed by atoms with van der Waals surface area (Å²) < 4.78 is 5.27. The van der Waals surface area contributed by atoms with E-state index < -0.39 is 10.9 Å². The Morgan fingerprint density at radius 1 is 1.13 bits per heavy atom. The smallest absolute Gasteiger partial charge is 0.343 e. The number of hydrogen-bond acceptors (Lipinski definition) is 4. The summed E-state index contributed by atoms with van der Waals surface area (Å²) in [5.74, 6) is 0.0127. The molecule has 0 saturated heterocycles. The largest absolute Gasteiger partial charge is 0.422 e. The molecule has 0 bridgehead atoms. The predicted octanol–water partition coefficient (Wildman–Crippen LogP) is 3.88. The zero-order valence-corrected chi connectivity index (χ0v) is 12.4. The molecule has 0 fully saturated rings. The van der Waals surface area contributed by atoms with E-state index >= 15 is 0 Å². The van der Waals surface area contributed by atoms with E-state index in [1.165, 1.54) is 12.1 Å². The van der Waals surface area contributed by atoms with Crippen molar-refractivity contribution in [2.24, 2.45) is 0 Å². The van der Waals surface area contributed by atoms with E-state index in [1.54, 1.807) is 24.3 Å². The lowest BCUT2D eigenvalue weighted by Crippen LogP contribution is -1.97. The minimum absolute atomic E-state index is 0.0200. The molecule has 114 valence electrons. The van der Waals surface area contributed by atoms with E-state index in [1.807, 2.05) is 31.2 Å². The number of ether oxygens (including phenoxy) is 1. The number of cyclic esters (lactones) is 1. The molecule has 5 nitrogen and oxygen atoms in total. The summed E-state index contributed by atoms with van der Waals surface area (Å²) in [7, 11) is 0. The van der Waals surface area contributed by atoms with Gasteiger partial charge < -0.3 is 4.74 Å². The normalized spacial score (nSPS) is 15.4. The SMILES string of the molecule is Cc1ccc(C2=CC(=Cc3cccc([N+](=O)[O-])c3)C(=O)O2)cc1. The third kappa shape index (κ3) is 3.18. The quantitative estimate of drug-likeness (QED) is 0.373. The van der Waals surface area contributed by atoms with Crippen LogP contribution in [-0.4, -0.2) is 10.9 Å². The highest BCUT2D eigenvalue weighted by Crippen LogP contribution is 2.28. The Balaban J connectivity index is 1.93. The van der Waals surface area contributed by atoms with Gasteiger partial charge in [-0.2, -0.15) is 0 Å². The molecule has 2 aromatic rings. The molecule has 0 unspecified atom stereocenters. The van der Waals surface area contributed by atoms with Crippen LogP contribution in [0.15, 0.2) is 60.2 Å². The molecule has 0 aromatic heterocycles. The zero-order valence-electron chi connectivity index (χ0n) is 12.4. The summed E-state index contributed by atoms with van der Waals surface area (Å²) in [6.07, 6.45) is 3.22. The van der Waals surface area contributed by atoms with Crippen LogP contribution >= 0.6 is 0 Å². The second-order valence-electron chi connectivity index (χ2n) is 5.22. The van der Waals surface area contributed by atoms with E-state index in [4.69, 9.17) is 4.74 Å². The van der Waals surface area contributed by atoms with Crippen molar-refractivity contribution in [1.29, 1.82) is 0 Å². The zero-order chi connectivity index (χ0) is 16.4. The maximum atomic E-state index is 12.0. The number of esters is 1. The standard InChI is InChI=1S/C18H13NO4/c1-12-5-7-14(8-6-12)17-11-15(18(20)23-17)9-13-3-2-4-16(10-13)19(21)22/h2-11H,1H3. The maximum absolute atomic E-state index is 12.0. The van der Waals surface area contributed by atoms with Gasteiger partial charge in [-0.15, -0.1) is 0 Å².